The molecule has 32 heavy (non-hydrogen) atoms. The number of hydrogen-bond donors (Lipinski definition) is 4. The van der Waals surface area contributed by atoms with Crippen molar-refractivity contribution in [2.24, 2.45) is 17.3 Å². The van der Waals surface area contributed by atoms with Gasteiger partial charge in [-0.15, -0.1) is 0 Å². The van der Waals surface area contributed by atoms with Gasteiger partial charge in [0.15, 0.2) is 0 Å². The van der Waals surface area contributed by atoms with Gasteiger partial charge in [0, 0.05) is 6.54 Å². The molecule has 4 N–H and O–H groups in total. The van der Waals surface area contributed by atoms with Gasteiger partial charge < -0.3 is 26.0 Å². The summed E-state index contributed by atoms with van der Waals surface area (Å²) in [6.45, 7) is 13.3. The van der Waals surface area contributed by atoms with Crippen molar-refractivity contribution >= 4 is 29.6 Å². The molecule has 0 aromatic carbocycles. The van der Waals surface area contributed by atoms with E-state index in [1.54, 1.807) is 27.7 Å². The Labute approximate surface area is 190 Å². The number of ketones is 1. The molecule has 1 fully saturated rings. The summed E-state index contributed by atoms with van der Waals surface area (Å²) >= 11 is 0. The second-order valence-electron chi connectivity index (χ2n) is 10.1. The third-order valence-electron chi connectivity index (χ3n) is 4.92. The Kier molecular flexibility index (Phi) is 10.1. The fourth-order valence-electron chi connectivity index (χ4n) is 3.05. The number of hydrogen-bond acceptors (Lipinski definition) is 6. The molecule has 3 unspecified atom stereocenters. The first-order valence-corrected chi connectivity index (χ1v) is 11.1. The van der Waals surface area contributed by atoms with Crippen LogP contribution in [-0.4, -0.2) is 60.9 Å². The molecule has 10 heteroatoms. The van der Waals surface area contributed by atoms with E-state index in [2.05, 4.69) is 21.3 Å². The van der Waals surface area contributed by atoms with Crippen LogP contribution in [0.5, 0.6) is 0 Å². The maximum atomic E-state index is 12.9. The van der Waals surface area contributed by atoms with Crippen LogP contribution in [-0.2, 0) is 23.9 Å². The predicted octanol–water partition coefficient (Wildman–Crippen LogP) is 0.888. The molecule has 0 spiro atoms. The molecule has 0 aliphatic carbocycles. The van der Waals surface area contributed by atoms with Gasteiger partial charge in [0.25, 0.3) is 5.91 Å². The van der Waals surface area contributed by atoms with Gasteiger partial charge in [0.05, 0.1) is 12.6 Å². The summed E-state index contributed by atoms with van der Waals surface area (Å²) in [5, 5.41) is 10.3. The topological polar surface area (TPSA) is 143 Å². The summed E-state index contributed by atoms with van der Waals surface area (Å²) in [4.78, 5) is 61.8. The van der Waals surface area contributed by atoms with E-state index in [4.69, 9.17) is 4.74 Å². The maximum Gasteiger partial charge on any atom is 0.407 e. The van der Waals surface area contributed by atoms with E-state index in [9.17, 15) is 24.0 Å². The summed E-state index contributed by atoms with van der Waals surface area (Å²) < 4.78 is 5.19. The summed E-state index contributed by atoms with van der Waals surface area (Å²) in [6, 6.07) is -2.80. The van der Waals surface area contributed by atoms with Crippen molar-refractivity contribution in [2.45, 2.75) is 79.4 Å². The Balaban J connectivity index is 2.83. The van der Waals surface area contributed by atoms with Crippen LogP contribution < -0.4 is 21.3 Å². The molecule has 0 radical (unpaired) electrons. The third kappa shape index (κ3) is 8.84. The molecule has 1 saturated heterocycles. The lowest BCUT2D eigenvalue weighted by atomic mass is 9.98. The first kappa shape index (κ1) is 27.4. The lowest BCUT2D eigenvalue weighted by Crippen LogP contribution is -2.58. The minimum Gasteiger partial charge on any atom is -0.449 e. The van der Waals surface area contributed by atoms with Crippen molar-refractivity contribution in [3.05, 3.63) is 0 Å². The van der Waals surface area contributed by atoms with Crippen LogP contribution in [0.15, 0.2) is 0 Å². The summed E-state index contributed by atoms with van der Waals surface area (Å²) in [5.74, 6) is -3.08. The van der Waals surface area contributed by atoms with Crippen molar-refractivity contribution in [3.8, 4) is 0 Å². The second-order valence-corrected chi connectivity index (χ2v) is 10.1. The standard InChI is InChI=1S/C22H38N4O6/c1-12(2)15(18(28)24-14-9-8-10-23-20(30)17(14)27)25-19(29)16(13(3)4)26-21(31)32-11-22(5,6)7/h12-16H,8-11H2,1-7H3,(H,23,30)(H,24,28)(H,25,29)(H,26,31). The van der Waals surface area contributed by atoms with Crippen LogP contribution in [0.2, 0.25) is 0 Å². The first-order valence-electron chi connectivity index (χ1n) is 11.1. The van der Waals surface area contributed by atoms with Crippen LogP contribution in [0.3, 0.4) is 0 Å². The highest BCUT2D eigenvalue weighted by Crippen LogP contribution is 2.13. The van der Waals surface area contributed by atoms with Gasteiger partial charge in [-0.25, -0.2) is 4.79 Å². The minimum atomic E-state index is -0.949. The van der Waals surface area contributed by atoms with Crippen LogP contribution >= 0.6 is 0 Å². The summed E-state index contributed by atoms with van der Waals surface area (Å²) in [5.41, 5.74) is -0.222. The lowest BCUT2D eigenvalue weighted by Gasteiger charge is -2.28. The fourth-order valence-corrected chi connectivity index (χ4v) is 3.05. The monoisotopic (exact) mass is 454 g/mol. The minimum absolute atomic E-state index is 0.186. The molecule has 0 saturated carbocycles. The zero-order chi connectivity index (χ0) is 24.6. The summed E-state index contributed by atoms with van der Waals surface area (Å²) in [7, 11) is 0. The van der Waals surface area contributed by atoms with Gasteiger partial charge in [-0.3, -0.25) is 19.2 Å². The lowest BCUT2D eigenvalue weighted by molar-refractivity contribution is -0.140. The van der Waals surface area contributed by atoms with Crippen molar-refractivity contribution in [2.75, 3.05) is 13.2 Å². The average molecular weight is 455 g/mol. The number of ether oxygens (including phenoxy) is 1. The van der Waals surface area contributed by atoms with Crippen LogP contribution in [0.1, 0.15) is 61.3 Å². The Bertz CT molecular complexity index is 714. The van der Waals surface area contributed by atoms with Gasteiger partial charge in [0.2, 0.25) is 17.6 Å². The van der Waals surface area contributed by atoms with Crippen molar-refractivity contribution in [3.63, 3.8) is 0 Å². The Morgan fingerprint density at radius 3 is 2.09 bits per heavy atom. The highest BCUT2D eigenvalue weighted by Gasteiger charge is 2.34. The largest absolute Gasteiger partial charge is 0.449 e. The molecule has 1 aliphatic heterocycles. The van der Waals surface area contributed by atoms with Gasteiger partial charge in [-0.05, 0) is 30.1 Å². The molecule has 10 nitrogen and oxygen atoms in total. The van der Waals surface area contributed by atoms with E-state index in [-0.39, 0.29) is 23.9 Å². The number of alkyl carbamates (subject to hydrolysis) is 1. The van der Waals surface area contributed by atoms with Crippen molar-refractivity contribution in [1.82, 2.24) is 21.3 Å². The third-order valence-corrected chi connectivity index (χ3v) is 4.92. The Morgan fingerprint density at radius 1 is 1.00 bits per heavy atom. The molecule has 0 aromatic rings. The number of carbonyl (C=O) groups is 5. The highest BCUT2D eigenvalue weighted by molar-refractivity contribution is 6.38. The van der Waals surface area contributed by atoms with Gasteiger partial charge in [-0.1, -0.05) is 48.5 Å². The van der Waals surface area contributed by atoms with E-state index in [1.807, 2.05) is 20.8 Å². The smallest absolute Gasteiger partial charge is 0.407 e. The van der Waals surface area contributed by atoms with Crippen LogP contribution in [0.4, 0.5) is 4.79 Å². The van der Waals surface area contributed by atoms with E-state index < -0.39 is 47.7 Å². The molecule has 1 rings (SSSR count). The van der Waals surface area contributed by atoms with E-state index in [0.29, 0.717) is 19.4 Å². The van der Waals surface area contributed by atoms with Crippen molar-refractivity contribution < 1.29 is 28.7 Å². The number of rotatable bonds is 8. The quantitative estimate of drug-likeness (QED) is 0.401. The SMILES string of the molecule is CC(C)C(NC(=O)OCC(C)(C)C)C(=O)NC(C(=O)NC1CCCNC(=O)C1=O)C(C)C. The zero-order valence-electron chi connectivity index (χ0n) is 20.2. The van der Waals surface area contributed by atoms with Gasteiger partial charge in [0.1, 0.15) is 12.1 Å². The number of amides is 4. The Morgan fingerprint density at radius 2 is 1.56 bits per heavy atom. The molecule has 4 amide bonds. The van der Waals surface area contributed by atoms with Crippen molar-refractivity contribution in [1.29, 1.82) is 0 Å². The highest BCUT2D eigenvalue weighted by atomic mass is 16.5. The molecule has 182 valence electrons. The zero-order valence-corrected chi connectivity index (χ0v) is 20.2. The van der Waals surface area contributed by atoms with Gasteiger partial charge >= 0.3 is 6.09 Å². The number of carbonyl (C=O) groups excluding carboxylic acids is 5. The van der Waals surface area contributed by atoms with Crippen LogP contribution in [0.25, 0.3) is 0 Å². The number of nitrogens with one attached hydrogen (secondary N) is 4. The van der Waals surface area contributed by atoms with E-state index in [0.717, 1.165) is 0 Å². The predicted molar refractivity (Wildman–Crippen MR) is 119 cm³/mol. The van der Waals surface area contributed by atoms with E-state index in [1.165, 1.54) is 0 Å². The molecule has 0 bridgehead atoms. The van der Waals surface area contributed by atoms with Crippen LogP contribution in [0, 0.1) is 17.3 Å². The number of Topliss-reactive ketones (excluding diaryl/α,β-unsaturated/α-hetero) is 1. The average Bonchev–Trinajstić information content (AvgIpc) is 2.83. The van der Waals surface area contributed by atoms with E-state index >= 15 is 0 Å². The molecule has 3 atom stereocenters. The fraction of sp³-hybridized carbons (Fsp3) is 0.773. The molecule has 1 heterocycles. The normalized spacial score (nSPS) is 19.0. The molecule has 1 aliphatic rings. The summed E-state index contributed by atoms with van der Waals surface area (Å²) in [6.07, 6.45) is 0.170. The molecular formula is C22H38N4O6. The first-order chi connectivity index (χ1) is 14.7. The maximum absolute atomic E-state index is 12.9. The molecular weight excluding hydrogens is 416 g/mol. The Hall–Kier alpha value is -2.65. The van der Waals surface area contributed by atoms with Gasteiger partial charge in [-0.2, -0.15) is 0 Å². The molecule has 0 aromatic heterocycles. The second kappa shape index (κ2) is 11.8.